The van der Waals surface area contributed by atoms with Crippen molar-refractivity contribution in [1.29, 1.82) is 0 Å². The van der Waals surface area contributed by atoms with E-state index in [1.807, 2.05) is 5.38 Å². The van der Waals surface area contributed by atoms with Crippen LogP contribution in [-0.2, 0) is 6.42 Å². The maximum absolute atomic E-state index is 13.5. The third kappa shape index (κ3) is 3.47. The minimum atomic E-state index is -0.324. The van der Waals surface area contributed by atoms with Crippen molar-refractivity contribution in [2.75, 3.05) is 6.54 Å². The highest BCUT2D eigenvalue weighted by atomic mass is 32.1. The summed E-state index contributed by atoms with van der Waals surface area (Å²) in [6.07, 6.45) is 0.595. The largest absolute Gasteiger partial charge is 0.352 e. The zero-order valence-corrected chi connectivity index (χ0v) is 16.5. The van der Waals surface area contributed by atoms with Gasteiger partial charge in [0.2, 0.25) is 4.96 Å². The van der Waals surface area contributed by atoms with Crippen molar-refractivity contribution in [1.82, 2.24) is 28.7 Å². The first kappa shape index (κ1) is 17.8. The molecular weight excluding hydrogens is 411 g/mol. The van der Waals surface area contributed by atoms with Gasteiger partial charge in [0.1, 0.15) is 16.9 Å². The standard InChI is InChI=1S/C19H13FN6OS2/c20-13-3-1-2-11(8-13)17-22-19-26(23-17)14(10-28-19)6-7-21-18(27)12-4-5-15-16(9-12)25-29-24-15/h1-5,8-10H,6-7H2,(H,21,27). The number of nitrogens with zero attached hydrogens (tertiary/aromatic N) is 5. The van der Waals surface area contributed by atoms with Gasteiger partial charge in [-0.3, -0.25) is 4.79 Å². The zero-order valence-electron chi connectivity index (χ0n) is 14.9. The van der Waals surface area contributed by atoms with Crippen molar-refractivity contribution < 1.29 is 9.18 Å². The van der Waals surface area contributed by atoms with Gasteiger partial charge in [0.15, 0.2) is 5.82 Å². The van der Waals surface area contributed by atoms with Gasteiger partial charge in [0, 0.05) is 29.5 Å². The third-order valence-corrected chi connectivity index (χ3v) is 5.84. The predicted molar refractivity (Wildman–Crippen MR) is 110 cm³/mol. The Morgan fingerprint density at radius 1 is 1.14 bits per heavy atom. The number of rotatable bonds is 5. The molecule has 0 aliphatic heterocycles. The Labute approximate surface area is 172 Å². The molecule has 1 amide bonds. The topological polar surface area (TPSA) is 85.1 Å². The number of aromatic nitrogens is 5. The van der Waals surface area contributed by atoms with Crippen LogP contribution in [0.5, 0.6) is 0 Å². The number of halogens is 1. The van der Waals surface area contributed by atoms with Crippen LogP contribution in [0.15, 0.2) is 47.8 Å². The first-order chi connectivity index (χ1) is 14.2. The van der Waals surface area contributed by atoms with E-state index in [-0.39, 0.29) is 11.7 Å². The average Bonchev–Trinajstić information content (AvgIpc) is 3.43. The van der Waals surface area contributed by atoms with Gasteiger partial charge in [-0.2, -0.15) is 13.7 Å². The summed E-state index contributed by atoms with van der Waals surface area (Å²) in [5.74, 6) is -0.00700. The van der Waals surface area contributed by atoms with E-state index in [4.69, 9.17) is 0 Å². The molecule has 2 aromatic carbocycles. The summed E-state index contributed by atoms with van der Waals surface area (Å²) >= 11 is 2.58. The SMILES string of the molecule is O=C(NCCc1csc2nc(-c3cccc(F)c3)nn12)c1ccc2nsnc2c1. The van der Waals surface area contributed by atoms with Crippen molar-refractivity contribution in [3.8, 4) is 11.4 Å². The number of carbonyl (C=O) groups is 1. The van der Waals surface area contributed by atoms with Gasteiger partial charge < -0.3 is 5.32 Å². The lowest BCUT2D eigenvalue weighted by Crippen LogP contribution is -2.26. The molecule has 3 aromatic heterocycles. The quantitative estimate of drug-likeness (QED) is 0.466. The monoisotopic (exact) mass is 424 g/mol. The Hall–Kier alpha value is -3.24. The number of benzene rings is 2. The fraction of sp³-hybridized carbons (Fsp3) is 0.105. The first-order valence-corrected chi connectivity index (χ1v) is 10.4. The van der Waals surface area contributed by atoms with Gasteiger partial charge in [-0.05, 0) is 30.3 Å². The average molecular weight is 424 g/mol. The number of hydrogen-bond donors (Lipinski definition) is 1. The predicted octanol–water partition coefficient (Wildman–Crippen LogP) is 3.57. The molecule has 0 aliphatic carbocycles. The molecule has 0 saturated carbocycles. The van der Waals surface area contributed by atoms with Crippen molar-refractivity contribution in [2.45, 2.75) is 6.42 Å². The Bertz CT molecular complexity index is 1340. The summed E-state index contributed by atoms with van der Waals surface area (Å²) in [6.45, 7) is 0.452. The second kappa shape index (κ2) is 7.30. The van der Waals surface area contributed by atoms with Crippen LogP contribution in [-0.4, -0.2) is 35.8 Å². The molecule has 0 bridgehead atoms. The molecular formula is C19H13FN6OS2. The van der Waals surface area contributed by atoms with Crippen LogP contribution in [0.3, 0.4) is 0 Å². The van der Waals surface area contributed by atoms with Crippen LogP contribution in [0.25, 0.3) is 27.4 Å². The molecule has 1 N–H and O–H groups in total. The smallest absolute Gasteiger partial charge is 0.251 e. The summed E-state index contributed by atoms with van der Waals surface area (Å²) in [7, 11) is 0. The van der Waals surface area contributed by atoms with Gasteiger partial charge in [0.05, 0.1) is 17.4 Å². The zero-order chi connectivity index (χ0) is 19.8. The van der Waals surface area contributed by atoms with Crippen LogP contribution in [0, 0.1) is 5.82 Å². The summed E-state index contributed by atoms with van der Waals surface area (Å²) < 4.78 is 23.5. The molecule has 0 aliphatic rings. The number of nitrogens with one attached hydrogen (secondary N) is 1. The third-order valence-electron chi connectivity index (χ3n) is 4.42. The molecule has 0 radical (unpaired) electrons. The van der Waals surface area contributed by atoms with Crippen molar-refractivity contribution >= 4 is 45.0 Å². The van der Waals surface area contributed by atoms with E-state index in [0.717, 1.165) is 33.4 Å². The van der Waals surface area contributed by atoms with E-state index in [1.165, 1.54) is 23.5 Å². The van der Waals surface area contributed by atoms with E-state index in [0.29, 0.717) is 29.9 Å². The molecule has 0 atom stereocenters. The fourth-order valence-electron chi connectivity index (χ4n) is 2.98. The summed E-state index contributed by atoms with van der Waals surface area (Å²) in [4.78, 5) is 17.6. The van der Waals surface area contributed by atoms with Crippen LogP contribution in [0.2, 0.25) is 0 Å². The van der Waals surface area contributed by atoms with Gasteiger partial charge in [0.25, 0.3) is 5.91 Å². The molecule has 3 heterocycles. The Morgan fingerprint density at radius 2 is 2.03 bits per heavy atom. The summed E-state index contributed by atoms with van der Waals surface area (Å²) in [5, 5.41) is 9.37. The molecule has 5 rings (SSSR count). The van der Waals surface area contributed by atoms with Crippen LogP contribution in [0.1, 0.15) is 16.1 Å². The molecule has 144 valence electrons. The van der Waals surface area contributed by atoms with Crippen molar-refractivity contribution in [3.05, 3.63) is 64.9 Å². The first-order valence-electron chi connectivity index (χ1n) is 8.77. The van der Waals surface area contributed by atoms with Crippen molar-refractivity contribution in [2.24, 2.45) is 0 Å². The Kier molecular flexibility index (Phi) is 4.49. The molecule has 5 aromatic rings. The number of carbonyl (C=O) groups excluding carboxylic acids is 1. The lowest BCUT2D eigenvalue weighted by atomic mass is 10.2. The highest BCUT2D eigenvalue weighted by molar-refractivity contribution is 7.15. The maximum atomic E-state index is 13.5. The van der Waals surface area contributed by atoms with E-state index < -0.39 is 0 Å². The number of thiazole rings is 1. The molecule has 0 unspecified atom stereocenters. The Balaban J connectivity index is 1.28. The number of amides is 1. The normalized spacial score (nSPS) is 11.3. The highest BCUT2D eigenvalue weighted by Gasteiger charge is 2.13. The van der Waals surface area contributed by atoms with Crippen LogP contribution in [0.4, 0.5) is 4.39 Å². The highest BCUT2D eigenvalue weighted by Crippen LogP contribution is 2.21. The maximum Gasteiger partial charge on any atom is 0.251 e. The molecule has 29 heavy (non-hydrogen) atoms. The lowest BCUT2D eigenvalue weighted by molar-refractivity contribution is 0.0954. The number of fused-ring (bicyclic) bond motifs is 2. The van der Waals surface area contributed by atoms with Gasteiger partial charge in [-0.15, -0.1) is 16.4 Å². The van der Waals surface area contributed by atoms with E-state index in [9.17, 15) is 9.18 Å². The van der Waals surface area contributed by atoms with Crippen molar-refractivity contribution in [3.63, 3.8) is 0 Å². The minimum absolute atomic E-state index is 0.162. The summed E-state index contributed by atoms with van der Waals surface area (Å²) in [5.41, 5.74) is 3.61. The second-order valence-electron chi connectivity index (χ2n) is 6.34. The van der Waals surface area contributed by atoms with Crippen LogP contribution < -0.4 is 5.32 Å². The minimum Gasteiger partial charge on any atom is -0.352 e. The van der Waals surface area contributed by atoms with Crippen LogP contribution >= 0.6 is 23.1 Å². The van der Waals surface area contributed by atoms with Gasteiger partial charge in [-0.1, -0.05) is 12.1 Å². The fourth-order valence-corrected chi connectivity index (χ4v) is 4.35. The van der Waals surface area contributed by atoms with E-state index in [2.05, 4.69) is 24.1 Å². The lowest BCUT2D eigenvalue weighted by Gasteiger charge is -2.04. The van der Waals surface area contributed by atoms with Gasteiger partial charge >= 0.3 is 0 Å². The Morgan fingerprint density at radius 3 is 2.93 bits per heavy atom. The van der Waals surface area contributed by atoms with E-state index >= 15 is 0 Å². The number of hydrogen-bond acceptors (Lipinski definition) is 7. The van der Waals surface area contributed by atoms with Gasteiger partial charge in [-0.25, -0.2) is 8.91 Å². The molecule has 7 nitrogen and oxygen atoms in total. The summed E-state index contributed by atoms with van der Waals surface area (Å²) in [6, 6.07) is 11.5. The molecule has 0 fully saturated rings. The molecule has 0 spiro atoms. The van der Waals surface area contributed by atoms with E-state index in [1.54, 1.807) is 34.8 Å². The molecule has 0 saturated heterocycles. The molecule has 10 heteroatoms. The second-order valence-corrected chi connectivity index (χ2v) is 7.71.